The number of ether oxygens (including phenoxy) is 1. The summed E-state index contributed by atoms with van der Waals surface area (Å²) >= 11 is 1.53. The molecule has 0 saturated heterocycles. The van der Waals surface area contributed by atoms with Gasteiger partial charge >= 0.3 is 5.97 Å². The molecule has 1 heterocycles. The number of thiazole rings is 1. The van der Waals surface area contributed by atoms with Gasteiger partial charge < -0.3 is 10.1 Å². The van der Waals surface area contributed by atoms with Crippen LogP contribution in [-0.2, 0) is 9.53 Å². The average Bonchev–Trinajstić information content (AvgIpc) is 3.35. The fourth-order valence-corrected chi connectivity index (χ4v) is 4.39. The van der Waals surface area contributed by atoms with E-state index in [9.17, 15) is 9.59 Å². The maximum Gasteiger partial charge on any atom is 0.339 e. The molecule has 2 aromatic carbocycles. The summed E-state index contributed by atoms with van der Waals surface area (Å²) in [4.78, 5) is 29.2. The fourth-order valence-electron chi connectivity index (χ4n) is 3.38. The first kappa shape index (κ1) is 17.7. The van der Waals surface area contributed by atoms with Gasteiger partial charge in [0.2, 0.25) is 0 Å². The van der Waals surface area contributed by atoms with Crippen LogP contribution in [0.1, 0.15) is 36.0 Å². The van der Waals surface area contributed by atoms with E-state index in [0.29, 0.717) is 5.56 Å². The third kappa shape index (κ3) is 4.01. The molecule has 0 spiro atoms. The second kappa shape index (κ2) is 7.88. The summed E-state index contributed by atoms with van der Waals surface area (Å²) in [7, 11) is 0. The third-order valence-electron chi connectivity index (χ3n) is 4.73. The summed E-state index contributed by atoms with van der Waals surface area (Å²) in [5, 5.41) is 3.69. The first-order valence-corrected chi connectivity index (χ1v) is 9.94. The molecule has 3 aromatic rings. The van der Waals surface area contributed by atoms with E-state index in [2.05, 4.69) is 10.3 Å². The molecule has 0 radical (unpaired) electrons. The normalized spacial score (nSPS) is 14.4. The van der Waals surface area contributed by atoms with E-state index in [1.165, 1.54) is 11.3 Å². The van der Waals surface area contributed by atoms with Crippen molar-refractivity contribution in [2.45, 2.75) is 31.7 Å². The third-order valence-corrected chi connectivity index (χ3v) is 5.80. The molecule has 5 nitrogen and oxygen atoms in total. The van der Waals surface area contributed by atoms with Gasteiger partial charge in [0.25, 0.3) is 5.91 Å². The van der Waals surface area contributed by atoms with Crippen molar-refractivity contribution >= 4 is 33.4 Å². The predicted octanol–water partition coefficient (Wildman–Crippen LogP) is 4.18. The molecule has 138 valence electrons. The number of nitrogens with one attached hydrogen (secondary N) is 1. The number of carbonyl (C=O) groups excluding carboxylic acids is 2. The molecule has 0 unspecified atom stereocenters. The Labute approximate surface area is 161 Å². The highest BCUT2D eigenvalue weighted by Crippen LogP contribution is 2.32. The Morgan fingerprint density at radius 1 is 1.07 bits per heavy atom. The average molecular weight is 380 g/mol. The Kier molecular flexibility index (Phi) is 5.16. The number of nitrogens with zero attached hydrogens (tertiary/aromatic N) is 1. The molecule has 1 fully saturated rings. The Morgan fingerprint density at radius 3 is 2.63 bits per heavy atom. The van der Waals surface area contributed by atoms with Crippen LogP contribution in [0.3, 0.4) is 0 Å². The predicted molar refractivity (Wildman–Crippen MR) is 106 cm³/mol. The van der Waals surface area contributed by atoms with E-state index in [1.54, 1.807) is 12.1 Å². The highest BCUT2D eigenvalue weighted by Gasteiger charge is 2.20. The minimum atomic E-state index is -0.508. The van der Waals surface area contributed by atoms with Gasteiger partial charge in [-0.2, -0.15) is 0 Å². The van der Waals surface area contributed by atoms with Gasteiger partial charge in [-0.15, -0.1) is 11.3 Å². The minimum Gasteiger partial charge on any atom is -0.452 e. The maximum atomic E-state index is 12.6. The number of aromatic nitrogens is 1. The van der Waals surface area contributed by atoms with Gasteiger partial charge in [0.1, 0.15) is 5.01 Å². The molecule has 1 amide bonds. The highest BCUT2D eigenvalue weighted by atomic mass is 32.1. The molecular formula is C21H20N2O3S. The van der Waals surface area contributed by atoms with Crippen LogP contribution >= 0.6 is 11.3 Å². The molecule has 4 rings (SSSR count). The standard InChI is InChI=1S/C21H20N2O3S/c24-19(22-14-7-1-2-8-14)13-26-21(25)16-10-4-3-9-15(16)20-23-17-11-5-6-12-18(17)27-20/h3-6,9-12,14H,1-2,7-8,13H2,(H,22,24). The number of hydrogen-bond donors (Lipinski definition) is 1. The Bertz CT molecular complexity index is 943. The number of rotatable bonds is 5. The smallest absolute Gasteiger partial charge is 0.339 e. The summed E-state index contributed by atoms with van der Waals surface area (Å²) in [5.74, 6) is -0.751. The van der Waals surface area contributed by atoms with Gasteiger partial charge in [-0.25, -0.2) is 9.78 Å². The lowest BCUT2D eigenvalue weighted by Gasteiger charge is -2.12. The zero-order valence-corrected chi connectivity index (χ0v) is 15.6. The van der Waals surface area contributed by atoms with Crippen molar-refractivity contribution in [3.8, 4) is 10.6 Å². The van der Waals surface area contributed by atoms with Crippen LogP contribution in [0, 0.1) is 0 Å². The van der Waals surface area contributed by atoms with Crippen molar-refractivity contribution in [3.63, 3.8) is 0 Å². The zero-order chi connectivity index (χ0) is 18.6. The van der Waals surface area contributed by atoms with E-state index >= 15 is 0 Å². The molecule has 0 aliphatic heterocycles. The van der Waals surface area contributed by atoms with Gasteiger partial charge in [-0.1, -0.05) is 43.2 Å². The quantitative estimate of drug-likeness (QED) is 0.674. The number of esters is 1. The Morgan fingerprint density at radius 2 is 1.81 bits per heavy atom. The molecule has 1 saturated carbocycles. The fraction of sp³-hybridized carbons (Fsp3) is 0.286. The largest absolute Gasteiger partial charge is 0.452 e. The van der Waals surface area contributed by atoms with Gasteiger partial charge in [0.05, 0.1) is 15.8 Å². The summed E-state index contributed by atoms with van der Waals surface area (Å²) < 4.78 is 6.32. The van der Waals surface area contributed by atoms with Crippen LogP contribution in [0.5, 0.6) is 0 Å². The first-order valence-electron chi connectivity index (χ1n) is 9.12. The zero-order valence-electron chi connectivity index (χ0n) is 14.8. The number of para-hydroxylation sites is 1. The highest BCUT2D eigenvalue weighted by molar-refractivity contribution is 7.21. The van der Waals surface area contributed by atoms with E-state index in [4.69, 9.17) is 4.74 Å². The lowest BCUT2D eigenvalue weighted by atomic mass is 10.1. The van der Waals surface area contributed by atoms with Gasteiger partial charge in [0, 0.05) is 11.6 Å². The molecule has 1 aromatic heterocycles. The molecule has 1 aliphatic rings. The van der Waals surface area contributed by atoms with Crippen molar-refractivity contribution in [1.29, 1.82) is 0 Å². The molecular weight excluding hydrogens is 360 g/mol. The second-order valence-electron chi connectivity index (χ2n) is 6.66. The molecule has 0 bridgehead atoms. The van der Waals surface area contributed by atoms with Crippen LogP contribution in [0.2, 0.25) is 0 Å². The van der Waals surface area contributed by atoms with Crippen LogP contribution in [0.15, 0.2) is 48.5 Å². The van der Waals surface area contributed by atoms with Crippen LogP contribution < -0.4 is 5.32 Å². The van der Waals surface area contributed by atoms with Crippen molar-refractivity contribution in [2.24, 2.45) is 0 Å². The van der Waals surface area contributed by atoms with Gasteiger partial charge in [-0.3, -0.25) is 4.79 Å². The minimum absolute atomic E-state index is 0.214. The van der Waals surface area contributed by atoms with Crippen LogP contribution in [0.4, 0.5) is 0 Å². The van der Waals surface area contributed by atoms with Gasteiger partial charge in [-0.05, 0) is 31.0 Å². The molecule has 6 heteroatoms. The number of carbonyl (C=O) groups is 2. The molecule has 27 heavy (non-hydrogen) atoms. The summed E-state index contributed by atoms with van der Waals surface area (Å²) in [5.41, 5.74) is 2.04. The Hall–Kier alpha value is -2.73. The molecule has 1 aliphatic carbocycles. The number of amides is 1. The molecule has 0 atom stereocenters. The topological polar surface area (TPSA) is 68.3 Å². The SMILES string of the molecule is O=C(COC(=O)c1ccccc1-c1nc2ccccc2s1)NC1CCCC1. The van der Waals surface area contributed by atoms with Crippen molar-refractivity contribution in [1.82, 2.24) is 10.3 Å². The summed E-state index contributed by atoms with van der Waals surface area (Å²) in [6.07, 6.45) is 4.28. The number of benzene rings is 2. The van der Waals surface area contributed by atoms with E-state index in [1.807, 2.05) is 36.4 Å². The van der Waals surface area contributed by atoms with E-state index in [-0.39, 0.29) is 18.6 Å². The van der Waals surface area contributed by atoms with Crippen LogP contribution in [0.25, 0.3) is 20.8 Å². The lowest BCUT2D eigenvalue weighted by Crippen LogP contribution is -2.35. The van der Waals surface area contributed by atoms with Gasteiger partial charge in [0.15, 0.2) is 6.61 Å². The number of hydrogen-bond acceptors (Lipinski definition) is 5. The maximum absolute atomic E-state index is 12.6. The van der Waals surface area contributed by atoms with Crippen molar-refractivity contribution in [3.05, 3.63) is 54.1 Å². The monoisotopic (exact) mass is 380 g/mol. The van der Waals surface area contributed by atoms with Crippen LogP contribution in [-0.4, -0.2) is 29.5 Å². The molecule has 1 N–H and O–H groups in total. The summed E-state index contributed by atoms with van der Waals surface area (Å²) in [6.45, 7) is -0.260. The van der Waals surface area contributed by atoms with Crippen molar-refractivity contribution in [2.75, 3.05) is 6.61 Å². The Balaban J connectivity index is 1.48. The van der Waals surface area contributed by atoms with E-state index < -0.39 is 5.97 Å². The lowest BCUT2D eigenvalue weighted by molar-refractivity contribution is -0.124. The first-order chi connectivity index (χ1) is 13.2. The number of fused-ring (bicyclic) bond motifs is 1. The van der Waals surface area contributed by atoms with E-state index in [0.717, 1.165) is 46.5 Å². The van der Waals surface area contributed by atoms with Crippen molar-refractivity contribution < 1.29 is 14.3 Å². The summed E-state index contributed by atoms with van der Waals surface area (Å²) in [6, 6.07) is 15.3. The second-order valence-corrected chi connectivity index (χ2v) is 7.69.